The SMILES string of the molecule is NC(=O)N1C(=O)C(=C(O)c2cccs2)c2cc(Cl)ccc21. The van der Waals surface area contributed by atoms with Gasteiger partial charge in [-0.3, -0.25) is 4.79 Å². The molecule has 5 nitrogen and oxygen atoms in total. The highest BCUT2D eigenvalue weighted by atomic mass is 35.5. The molecule has 0 bridgehead atoms. The second kappa shape index (κ2) is 4.91. The Hall–Kier alpha value is -2.31. The molecule has 1 aromatic heterocycles. The summed E-state index contributed by atoms with van der Waals surface area (Å²) in [5.74, 6) is -0.854. The number of nitrogens with two attached hydrogens (primary N) is 1. The predicted molar refractivity (Wildman–Crippen MR) is 82.3 cm³/mol. The van der Waals surface area contributed by atoms with Crippen molar-refractivity contribution >= 4 is 51.9 Å². The average Bonchev–Trinajstić information content (AvgIpc) is 3.03. The van der Waals surface area contributed by atoms with Crippen LogP contribution in [0, 0.1) is 0 Å². The van der Waals surface area contributed by atoms with Gasteiger partial charge in [0.1, 0.15) is 5.76 Å². The number of fused-ring (bicyclic) bond motifs is 1. The number of aliphatic hydroxyl groups excluding tert-OH is 1. The minimum Gasteiger partial charge on any atom is -0.506 e. The van der Waals surface area contributed by atoms with Gasteiger partial charge in [0.05, 0.1) is 16.1 Å². The molecule has 3 N–H and O–H groups in total. The third kappa shape index (κ3) is 2.09. The number of halogens is 1. The highest BCUT2D eigenvalue weighted by molar-refractivity contribution is 7.11. The van der Waals surface area contributed by atoms with Crippen LogP contribution >= 0.6 is 22.9 Å². The zero-order chi connectivity index (χ0) is 15.1. The number of carbonyl (C=O) groups excluding carboxylic acids is 2. The predicted octanol–water partition coefficient (Wildman–Crippen LogP) is 3.25. The Kier molecular flexibility index (Phi) is 3.19. The van der Waals surface area contributed by atoms with E-state index in [0.717, 1.165) is 4.90 Å². The Morgan fingerprint density at radius 3 is 2.71 bits per heavy atom. The molecule has 2 aromatic rings. The van der Waals surface area contributed by atoms with E-state index in [4.69, 9.17) is 17.3 Å². The second-order valence-electron chi connectivity index (χ2n) is 4.34. The molecule has 0 radical (unpaired) electrons. The molecule has 0 spiro atoms. The second-order valence-corrected chi connectivity index (χ2v) is 5.73. The summed E-state index contributed by atoms with van der Waals surface area (Å²) in [6.45, 7) is 0. The van der Waals surface area contributed by atoms with Crippen molar-refractivity contribution in [2.45, 2.75) is 0 Å². The number of nitrogens with zero attached hydrogens (tertiary/aromatic N) is 1. The van der Waals surface area contributed by atoms with Gasteiger partial charge in [0.25, 0.3) is 5.91 Å². The van der Waals surface area contributed by atoms with Crippen molar-refractivity contribution in [3.8, 4) is 0 Å². The van der Waals surface area contributed by atoms with E-state index < -0.39 is 11.9 Å². The van der Waals surface area contributed by atoms with Crippen LogP contribution in [0.1, 0.15) is 10.4 Å². The van der Waals surface area contributed by atoms with Crippen LogP contribution in [-0.2, 0) is 4.79 Å². The molecule has 7 heteroatoms. The van der Waals surface area contributed by atoms with Crippen molar-refractivity contribution in [3.05, 3.63) is 51.2 Å². The summed E-state index contributed by atoms with van der Waals surface area (Å²) in [5.41, 5.74) is 5.98. The van der Waals surface area contributed by atoms with Gasteiger partial charge in [0.15, 0.2) is 0 Å². The largest absolute Gasteiger partial charge is 0.506 e. The molecule has 1 aliphatic heterocycles. The fourth-order valence-corrected chi connectivity index (χ4v) is 3.07. The number of aliphatic hydroxyl groups is 1. The fourth-order valence-electron chi connectivity index (χ4n) is 2.22. The van der Waals surface area contributed by atoms with Gasteiger partial charge in [-0.2, -0.15) is 0 Å². The standard InChI is InChI=1S/C14H9ClN2O3S/c15-7-3-4-9-8(6-7)11(13(19)17(9)14(16)20)12(18)10-2-1-5-21-10/h1-6,18H,(H2,16,20). The number of imide groups is 1. The summed E-state index contributed by atoms with van der Waals surface area (Å²) < 4.78 is 0. The van der Waals surface area contributed by atoms with Crippen LogP contribution < -0.4 is 10.6 Å². The lowest BCUT2D eigenvalue weighted by atomic mass is 10.1. The first kappa shape index (κ1) is 13.7. The van der Waals surface area contributed by atoms with Crippen LogP contribution in [0.15, 0.2) is 35.7 Å². The molecule has 0 saturated carbocycles. The van der Waals surface area contributed by atoms with Gasteiger partial charge in [-0.25, -0.2) is 9.69 Å². The quantitative estimate of drug-likeness (QED) is 0.625. The number of hydrogen-bond acceptors (Lipinski definition) is 4. The highest BCUT2D eigenvalue weighted by Gasteiger charge is 2.38. The molecule has 21 heavy (non-hydrogen) atoms. The molecule has 2 heterocycles. The van der Waals surface area contributed by atoms with E-state index in [1.807, 2.05) is 0 Å². The number of urea groups is 1. The summed E-state index contributed by atoms with van der Waals surface area (Å²) in [6, 6.07) is 7.12. The van der Waals surface area contributed by atoms with Crippen LogP contribution in [-0.4, -0.2) is 17.0 Å². The van der Waals surface area contributed by atoms with Crippen molar-refractivity contribution in [2.24, 2.45) is 5.73 Å². The smallest absolute Gasteiger partial charge is 0.326 e. The molecule has 0 saturated heterocycles. The maximum absolute atomic E-state index is 12.4. The lowest BCUT2D eigenvalue weighted by molar-refractivity contribution is -0.112. The molecular formula is C14H9ClN2O3S. The Morgan fingerprint density at radius 1 is 1.33 bits per heavy atom. The third-order valence-corrected chi connectivity index (χ3v) is 4.21. The maximum Gasteiger partial charge on any atom is 0.326 e. The van der Waals surface area contributed by atoms with E-state index in [2.05, 4.69) is 0 Å². The van der Waals surface area contributed by atoms with Crippen LogP contribution in [0.3, 0.4) is 0 Å². The number of anilines is 1. The van der Waals surface area contributed by atoms with Crippen LogP contribution in [0.2, 0.25) is 5.02 Å². The average molecular weight is 321 g/mol. The molecule has 1 aromatic carbocycles. The molecule has 0 fully saturated rings. The molecule has 1 aliphatic rings. The van der Waals surface area contributed by atoms with Crippen molar-refractivity contribution in [1.82, 2.24) is 0 Å². The summed E-state index contributed by atoms with van der Waals surface area (Å²) in [6.07, 6.45) is 0. The van der Waals surface area contributed by atoms with Gasteiger partial charge in [0.2, 0.25) is 0 Å². The van der Waals surface area contributed by atoms with Crippen molar-refractivity contribution in [3.63, 3.8) is 0 Å². The number of primary amides is 1. The van der Waals surface area contributed by atoms with Crippen LogP contribution in [0.5, 0.6) is 0 Å². The van der Waals surface area contributed by atoms with E-state index >= 15 is 0 Å². The molecule has 0 unspecified atom stereocenters. The normalized spacial score (nSPS) is 16.0. The van der Waals surface area contributed by atoms with E-state index in [9.17, 15) is 14.7 Å². The molecular weight excluding hydrogens is 312 g/mol. The number of thiophene rings is 1. The first-order valence-corrected chi connectivity index (χ1v) is 7.17. The van der Waals surface area contributed by atoms with Gasteiger partial charge in [0, 0.05) is 10.6 Å². The first-order valence-electron chi connectivity index (χ1n) is 5.91. The number of rotatable bonds is 1. The highest BCUT2D eigenvalue weighted by Crippen LogP contribution is 2.41. The Labute approximate surface area is 128 Å². The monoisotopic (exact) mass is 320 g/mol. The van der Waals surface area contributed by atoms with Crippen molar-refractivity contribution in [1.29, 1.82) is 0 Å². The zero-order valence-corrected chi connectivity index (χ0v) is 12.1. The lowest BCUT2D eigenvalue weighted by Crippen LogP contribution is -2.37. The van der Waals surface area contributed by atoms with Crippen LogP contribution in [0.25, 0.3) is 11.3 Å². The molecule has 0 atom stereocenters. The summed E-state index contributed by atoms with van der Waals surface area (Å²) >= 11 is 7.23. The van der Waals surface area contributed by atoms with Crippen molar-refractivity contribution in [2.75, 3.05) is 4.90 Å². The Balaban J connectivity index is 2.29. The molecule has 3 amide bonds. The van der Waals surface area contributed by atoms with Crippen LogP contribution in [0.4, 0.5) is 10.5 Å². The molecule has 0 aliphatic carbocycles. The summed E-state index contributed by atoms with van der Waals surface area (Å²) in [4.78, 5) is 25.3. The number of carbonyl (C=O) groups is 2. The maximum atomic E-state index is 12.4. The Bertz CT molecular complexity index is 784. The van der Waals surface area contributed by atoms with Gasteiger partial charge < -0.3 is 10.8 Å². The van der Waals surface area contributed by atoms with Gasteiger partial charge in [-0.15, -0.1) is 11.3 Å². The van der Waals surface area contributed by atoms with Gasteiger partial charge in [-0.05, 0) is 29.6 Å². The zero-order valence-electron chi connectivity index (χ0n) is 10.5. The third-order valence-electron chi connectivity index (χ3n) is 3.10. The van der Waals surface area contributed by atoms with Gasteiger partial charge in [-0.1, -0.05) is 17.7 Å². The molecule has 3 rings (SSSR count). The van der Waals surface area contributed by atoms with E-state index in [-0.39, 0.29) is 11.3 Å². The minimum atomic E-state index is -0.905. The summed E-state index contributed by atoms with van der Waals surface area (Å²) in [5, 5.41) is 12.5. The topological polar surface area (TPSA) is 83.6 Å². The Morgan fingerprint density at radius 2 is 2.10 bits per heavy atom. The minimum absolute atomic E-state index is 0.0220. The van der Waals surface area contributed by atoms with Gasteiger partial charge >= 0.3 is 6.03 Å². The molecule has 106 valence electrons. The van der Waals surface area contributed by atoms with Crippen molar-refractivity contribution < 1.29 is 14.7 Å². The van der Waals surface area contributed by atoms with E-state index in [1.54, 1.807) is 23.6 Å². The number of amides is 3. The summed E-state index contributed by atoms with van der Waals surface area (Å²) in [7, 11) is 0. The lowest BCUT2D eigenvalue weighted by Gasteiger charge is -2.11. The number of hydrogen-bond donors (Lipinski definition) is 2. The first-order chi connectivity index (χ1) is 10.0. The van der Waals surface area contributed by atoms with E-state index in [1.165, 1.54) is 23.5 Å². The fraction of sp³-hybridized carbons (Fsp3) is 0. The van der Waals surface area contributed by atoms with E-state index in [0.29, 0.717) is 21.2 Å². The number of benzene rings is 1.